The number of nitrogens with zero attached hydrogens (tertiary/aromatic N) is 1. The maximum Gasteiger partial charge on any atom is 0.0842 e. The van der Waals surface area contributed by atoms with Crippen LogP contribution in [-0.4, -0.2) is 6.54 Å². The molecule has 0 bridgehead atoms. The van der Waals surface area contributed by atoms with E-state index in [1.54, 1.807) is 0 Å². The Kier molecular flexibility index (Phi) is 3.46. The summed E-state index contributed by atoms with van der Waals surface area (Å²) in [6, 6.07) is 0. The van der Waals surface area contributed by atoms with E-state index in [1.807, 2.05) is 0 Å². The zero-order valence-electron chi connectivity index (χ0n) is 11.8. The topological polar surface area (TPSA) is 29.4 Å². The van der Waals surface area contributed by atoms with Crippen LogP contribution in [0.5, 0.6) is 0 Å². The molecule has 0 heterocycles. The van der Waals surface area contributed by atoms with E-state index < -0.39 is 0 Å². The highest BCUT2D eigenvalue weighted by atomic mass is 16.3. The van der Waals surface area contributed by atoms with Crippen molar-refractivity contribution in [1.29, 1.82) is 0 Å². The largest absolute Gasteiger partial charge is 0.151 e. The first-order valence-electron chi connectivity index (χ1n) is 8.01. The molecule has 3 aliphatic carbocycles. The average molecular weight is 249 g/mol. The van der Waals surface area contributed by atoms with E-state index >= 15 is 0 Å². The van der Waals surface area contributed by atoms with Gasteiger partial charge in [0.05, 0.1) is 6.54 Å². The van der Waals surface area contributed by atoms with Crippen LogP contribution < -0.4 is 0 Å². The fourth-order valence-corrected chi connectivity index (χ4v) is 5.63. The molecule has 6 unspecified atom stereocenters. The van der Waals surface area contributed by atoms with Crippen LogP contribution in [0.25, 0.3) is 0 Å². The van der Waals surface area contributed by atoms with Crippen LogP contribution in [0.4, 0.5) is 0 Å². The van der Waals surface area contributed by atoms with E-state index in [9.17, 15) is 4.91 Å². The summed E-state index contributed by atoms with van der Waals surface area (Å²) >= 11 is 0. The summed E-state index contributed by atoms with van der Waals surface area (Å²) in [4.78, 5) is 10.6. The number of hydrogen-bond acceptors (Lipinski definition) is 2. The van der Waals surface area contributed by atoms with Crippen molar-refractivity contribution in [2.24, 2.45) is 46.6 Å². The van der Waals surface area contributed by atoms with Crippen molar-refractivity contribution in [3.05, 3.63) is 4.91 Å². The summed E-state index contributed by atoms with van der Waals surface area (Å²) in [5.41, 5.74) is 0. The maximum atomic E-state index is 10.6. The Morgan fingerprint density at radius 1 is 1.11 bits per heavy atom. The van der Waals surface area contributed by atoms with Crippen molar-refractivity contribution in [2.45, 2.75) is 52.4 Å². The summed E-state index contributed by atoms with van der Waals surface area (Å²) < 4.78 is 0. The van der Waals surface area contributed by atoms with Crippen LogP contribution in [0.3, 0.4) is 0 Å². The highest BCUT2D eigenvalue weighted by molar-refractivity contribution is 5.03. The molecule has 18 heavy (non-hydrogen) atoms. The minimum Gasteiger partial charge on any atom is -0.151 e. The van der Waals surface area contributed by atoms with Gasteiger partial charge in [0.2, 0.25) is 0 Å². The van der Waals surface area contributed by atoms with Crippen LogP contribution in [0, 0.1) is 46.3 Å². The molecule has 0 aromatic rings. The van der Waals surface area contributed by atoms with Crippen molar-refractivity contribution >= 4 is 0 Å². The second-order valence-electron chi connectivity index (χ2n) is 7.39. The monoisotopic (exact) mass is 249 g/mol. The molecule has 0 radical (unpaired) electrons. The Bertz CT molecular complexity index is 314. The number of hydrogen-bond donors (Lipinski definition) is 0. The second-order valence-corrected chi connectivity index (χ2v) is 7.39. The number of fused-ring (bicyclic) bond motifs is 1. The zero-order valence-corrected chi connectivity index (χ0v) is 11.8. The SMILES string of the molecule is CC(C)C1CCCC1C1CC2CCC(CN=O)C21. The van der Waals surface area contributed by atoms with Gasteiger partial charge < -0.3 is 0 Å². The van der Waals surface area contributed by atoms with Crippen LogP contribution in [0.15, 0.2) is 5.18 Å². The fourth-order valence-electron chi connectivity index (χ4n) is 5.63. The molecule has 3 fully saturated rings. The summed E-state index contributed by atoms with van der Waals surface area (Å²) in [7, 11) is 0. The molecular formula is C16H27NO. The summed E-state index contributed by atoms with van der Waals surface area (Å²) in [6.45, 7) is 5.40. The molecule has 0 aliphatic heterocycles. The first-order chi connectivity index (χ1) is 8.72. The molecule has 0 saturated heterocycles. The Hall–Kier alpha value is -0.400. The van der Waals surface area contributed by atoms with Crippen molar-refractivity contribution in [3.8, 4) is 0 Å². The predicted octanol–water partition coefficient (Wildman–Crippen LogP) is 4.49. The Morgan fingerprint density at radius 2 is 1.94 bits per heavy atom. The smallest absolute Gasteiger partial charge is 0.0842 e. The van der Waals surface area contributed by atoms with Gasteiger partial charge >= 0.3 is 0 Å². The molecule has 0 N–H and O–H groups in total. The van der Waals surface area contributed by atoms with E-state index in [2.05, 4.69) is 19.0 Å². The minimum absolute atomic E-state index is 0.594. The lowest BCUT2D eigenvalue weighted by atomic mass is 9.56. The Balaban J connectivity index is 1.68. The highest BCUT2D eigenvalue weighted by Crippen LogP contribution is 2.60. The van der Waals surface area contributed by atoms with Crippen molar-refractivity contribution in [1.82, 2.24) is 0 Å². The second kappa shape index (κ2) is 4.94. The van der Waals surface area contributed by atoms with Gasteiger partial charge in [0.1, 0.15) is 0 Å². The van der Waals surface area contributed by atoms with Gasteiger partial charge in [-0.1, -0.05) is 25.4 Å². The molecule has 3 aliphatic rings. The van der Waals surface area contributed by atoms with E-state index in [0.717, 1.165) is 35.5 Å². The molecule has 0 spiro atoms. The molecule has 0 aromatic carbocycles. The van der Waals surface area contributed by atoms with E-state index in [0.29, 0.717) is 12.5 Å². The first-order valence-corrected chi connectivity index (χ1v) is 8.01. The maximum absolute atomic E-state index is 10.6. The third-order valence-electron chi connectivity index (χ3n) is 6.41. The third-order valence-corrected chi connectivity index (χ3v) is 6.41. The average Bonchev–Trinajstić information content (AvgIpc) is 2.86. The first kappa shape index (κ1) is 12.6. The Labute approximate surface area is 111 Å². The molecule has 3 saturated carbocycles. The van der Waals surface area contributed by atoms with Crippen LogP contribution >= 0.6 is 0 Å². The summed E-state index contributed by atoms with van der Waals surface area (Å²) in [5, 5.41) is 3.20. The molecule has 0 amide bonds. The highest BCUT2D eigenvalue weighted by Gasteiger charge is 2.53. The van der Waals surface area contributed by atoms with Crippen molar-refractivity contribution < 1.29 is 0 Å². The molecule has 3 rings (SSSR count). The lowest BCUT2D eigenvalue weighted by molar-refractivity contribution is -0.000136. The van der Waals surface area contributed by atoms with Gasteiger partial charge in [-0.3, -0.25) is 0 Å². The van der Waals surface area contributed by atoms with Gasteiger partial charge in [-0.15, -0.1) is 0 Å². The van der Waals surface area contributed by atoms with Gasteiger partial charge in [-0.25, -0.2) is 0 Å². The van der Waals surface area contributed by atoms with Gasteiger partial charge in [0.25, 0.3) is 0 Å². The summed E-state index contributed by atoms with van der Waals surface area (Å²) in [6.07, 6.45) is 8.47. The van der Waals surface area contributed by atoms with Crippen molar-refractivity contribution in [3.63, 3.8) is 0 Å². The Morgan fingerprint density at radius 3 is 2.67 bits per heavy atom. The minimum atomic E-state index is 0.594. The predicted molar refractivity (Wildman–Crippen MR) is 74.1 cm³/mol. The fraction of sp³-hybridized carbons (Fsp3) is 1.00. The summed E-state index contributed by atoms with van der Waals surface area (Å²) in [5.74, 6) is 6.18. The number of rotatable bonds is 4. The number of nitroso groups, excluding NO2 is 1. The van der Waals surface area contributed by atoms with Gasteiger partial charge in [0, 0.05) is 0 Å². The lowest BCUT2D eigenvalue weighted by Gasteiger charge is -2.48. The lowest BCUT2D eigenvalue weighted by Crippen LogP contribution is -2.43. The van der Waals surface area contributed by atoms with Crippen LogP contribution in [0.1, 0.15) is 52.4 Å². The quantitative estimate of drug-likeness (QED) is 0.675. The van der Waals surface area contributed by atoms with Gasteiger partial charge in [0.15, 0.2) is 0 Å². The molecular weight excluding hydrogens is 222 g/mol. The van der Waals surface area contributed by atoms with Gasteiger partial charge in [-0.2, -0.15) is 4.91 Å². The standard InChI is InChI=1S/C16H27NO/c1-10(2)13-4-3-5-14(13)15-8-11-6-7-12(9-17-18)16(11)15/h10-16H,3-9H2,1-2H3. The van der Waals surface area contributed by atoms with Gasteiger partial charge in [-0.05, 0) is 73.5 Å². The van der Waals surface area contributed by atoms with Crippen LogP contribution in [-0.2, 0) is 0 Å². The van der Waals surface area contributed by atoms with E-state index in [4.69, 9.17) is 0 Å². The molecule has 0 aromatic heterocycles. The van der Waals surface area contributed by atoms with E-state index in [-0.39, 0.29) is 0 Å². The normalized spacial score (nSPS) is 47.1. The molecule has 2 heteroatoms. The van der Waals surface area contributed by atoms with E-state index in [1.165, 1.54) is 38.5 Å². The molecule has 102 valence electrons. The third kappa shape index (κ3) is 1.92. The molecule has 2 nitrogen and oxygen atoms in total. The zero-order chi connectivity index (χ0) is 12.7. The van der Waals surface area contributed by atoms with Crippen molar-refractivity contribution in [2.75, 3.05) is 6.54 Å². The van der Waals surface area contributed by atoms with Crippen LogP contribution in [0.2, 0.25) is 0 Å². The molecule has 6 atom stereocenters.